The van der Waals surface area contributed by atoms with Gasteiger partial charge < -0.3 is 28.9 Å². The van der Waals surface area contributed by atoms with Crippen molar-refractivity contribution in [2.24, 2.45) is 0 Å². The molecule has 2 saturated heterocycles. The lowest BCUT2D eigenvalue weighted by atomic mass is 10.1. The van der Waals surface area contributed by atoms with E-state index in [1.807, 2.05) is 17.0 Å². The third-order valence-corrected chi connectivity index (χ3v) is 7.28. The number of urea groups is 1. The van der Waals surface area contributed by atoms with Gasteiger partial charge in [-0.3, -0.25) is 4.79 Å². The Bertz CT molecular complexity index is 1040. The Morgan fingerprint density at radius 1 is 0.886 bits per heavy atom. The molecule has 0 radical (unpaired) electrons. The van der Waals surface area contributed by atoms with Crippen LogP contribution in [0.3, 0.4) is 0 Å². The van der Waals surface area contributed by atoms with Crippen LogP contribution in [0.5, 0.6) is 5.75 Å². The summed E-state index contributed by atoms with van der Waals surface area (Å²) in [5.74, 6) is 0.895. The number of carbonyl (C=O) groups is 2. The largest absolute Gasteiger partial charge is 0.490 e. The van der Waals surface area contributed by atoms with Gasteiger partial charge in [-0.2, -0.15) is 0 Å². The molecule has 192 valence electrons. The number of benzene rings is 1. The van der Waals surface area contributed by atoms with Gasteiger partial charge in [-0.25, -0.2) is 4.79 Å². The molecule has 3 amide bonds. The van der Waals surface area contributed by atoms with Crippen molar-refractivity contribution >= 4 is 22.8 Å². The van der Waals surface area contributed by atoms with Crippen LogP contribution < -0.4 is 4.74 Å². The van der Waals surface area contributed by atoms with Crippen LogP contribution in [0.4, 0.5) is 4.79 Å². The van der Waals surface area contributed by atoms with Gasteiger partial charge in [-0.1, -0.05) is 0 Å². The van der Waals surface area contributed by atoms with E-state index in [1.54, 1.807) is 23.9 Å². The van der Waals surface area contributed by atoms with E-state index in [0.717, 1.165) is 42.6 Å². The molecule has 1 aromatic heterocycles. The third kappa shape index (κ3) is 5.42. The number of carbonyl (C=O) groups excluding carboxylic acids is 2. The van der Waals surface area contributed by atoms with Gasteiger partial charge in [0.25, 0.3) is 5.91 Å². The molecule has 8 nitrogen and oxygen atoms in total. The zero-order chi connectivity index (χ0) is 25.3. The zero-order valence-electron chi connectivity index (χ0n) is 22.2. The van der Waals surface area contributed by atoms with Crippen molar-refractivity contribution < 1.29 is 14.3 Å². The molecule has 0 unspecified atom stereocenters. The number of aromatic nitrogens is 1. The topological polar surface area (TPSA) is 61.3 Å². The first kappa shape index (κ1) is 25.4. The molecule has 0 atom stereocenters. The van der Waals surface area contributed by atoms with Gasteiger partial charge >= 0.3 is 6.03 Å². The van der Waals surface area contributed by atoms with Gasteiger partial charge in [-0.15, -0.1) is 0 Å². The highest BCUT2D eigenvalue weighted by molar-refractivity contribution is 5.99. The van der Waals surface area contributed by atoms with E-state index in [4.69, 9.17) is 4.74 Å². The van der Waals surface area contributed by atoms with Crippen LogP contribution in [0.1, 0.15) is 57.1 Å². The molecule has 2 aliphatic heterocycles. The number of nitrogens with zero attached hydrogens (tertiary/aromatic N) is 5. The zero-order valence-corrected chi connectivity index (χ0v) is 22.2. The van der Waals surface area contributed by atoms with Crippen LogP contribution in [0, 0.1) is 0 Å². The number of piperidine rings is 1. The number of piperazine rings is 1. The summed E-state index contributed by atoms with van der Waals surface area (Å²) in [7, 11) is 3.51. The number of ether oxygens (including phenoxy) is 1. The fourth-order valence-corrected chi connectivity index (χ4v) is 5.26. The number of hydrogen-bond acceptors (Lipinski definition) is 4. The fourth-order valence-electron chi connectivity index (χ4n) is 5.26. The first-order valence-electron chi connectivity index (χ1n) is 13.0. The van der Waals surface area contributed by atoms with Gasteiger partial charge in [0.1, 0.15) is 17.5 Å². The van der Waals surface area contributed by atoms with Crippen molar-refractivity contribution in [3.63, 3.8) is 0 Å². The minimum absolute atomic E-state index is 0.00389. The quantitative estimate of drug-likeness (QED) is 0.647. The number of fused-ring (bicyclic) bond motifs is 1. The summed E-state index contributed by atoms with van der Waals surface area (Å²) in [5.41, 5.74) is 1.75. The molecule has 35 heavy (non-hydrogen) atoms. The summed E-state index contributed by atoms with van der Waals surface area (Å²) in [6, 6.07) is 8.92. The van der Waals surface area contributed by atoms with E-state index in [2.05, 4.69) is 49.3 Å². The summed E-state index contributed by atoms with van der Waals surface area (Å²) in [6.07, 6.45) is 2.31. The SMILES string of the molecule is CC(C)N1CCC(Oc2ccc3c(c2)cc(C(=O)N2CCN(C(=O)N(C)C)CC2)n3C(C)C)CC1. The maximum atomic E-state index is 13.5. The van der Waals surface area contributed by atoms with Crippen molar-refractivity contribution in [3.05, 3.63) is 30.0 Å². The number of hydrogen-bond donors (Lipinski definition) is 0. The highest BCUT2D eigenvalue weighted by Gasteiger charge is 2.28. The van der Waals surface area contributed by atoms with Crippen LogP contribution in [-0.4, -0.2) is 102 Å². The van der Waals surface area contributed by atoms with Crippen molar-refractivity contribution in [1.82, 2.24) is 24.2 Å². The highest BCUT2D eigenvalue weighted by atomic mass is 16.5. The van der Waals surface area contributed by atoms with E-state index in [1.165, 1.54) is 0 Å². The predicted octanol–water partition coefficient (Wildman–Crippen LogP) is 3.91. The van der Waals surface area contributed by atoms with E-state index in [9.17, 15) is 9.59 Å². The van der Waals surface area contributed by atoms with E-state index < -0.39 is 0 Å². The molecule has 4 rings (SSSR count). The average Bonchev–Trinajstić information content (AvgIpc) is 3.22. The summed E-state index contributed by atoms with van der Waals surface area (Å²) >= 11 is 0. The van der Waals surface area contributed by atoms with Crippen LogP contribution in [0.2, 0.25) is 0 Å². The molecule has 2 aliphatic rings. The second kappa shape index (κ2) is 10.5. The standard InChI is InChI=1S/C27H41N5O3/c1-19(2)29-11-9-22(10-12-29)35-23-7-8-24-21(17-23)18-25(32(24)20(3)4)26(33)30-13-15-31(16-14-30)27(34)28(5)6/h7-8,17-20,22H,9-16H2,1-6H3. The second-order valence-electron chi connectivity index (χ2n) is 10.6. The second-order valence-corrected chi connectivity index (χ2v) is 10.6. The van der Waals surface area contributed by atoms with Gasteiger partial charge in [-0.05, 0) is 64.8 Å². The van der Waals surface area contributed by atoms with Crippen LogP contribution >= 0.6 is 0 Å². The summed E-state index contributed by atoms with van der Waals surface area (Å²) in [6.45, 7) is 13.0. The lowest BCUT2D eigenvalue weighted by Crippen LogP contribution is -2.53. The molecule has 0 saturated carbocycles. The Kier molecular flexibility index (Phi) is 7.59. The molecule has 8 heteroatoms. The van der Waals surface area contributed by atoms with Crippen molar-refractivity contribution in [1.29, 1.82) is 0 Å². The minimum atomic E-state index is -0.00389. The van der Waals surface area contributed by atoms with Crippen molar-refractivity contribution in [3.8, 4) is 5.75 Å². The molecule has 0 aliphatic carbocycles. The van der Waals surface area contributed by atoms with Gasteiger partial charge in [0.05, 0.1) is 0 Å². The molecule has 3 heterocycles. The Morgan fingerprint density at radius 2 is 1.51 bits per heavy atom. The maximum Gasteiger partial charge on any atom is 0.319 e. The number of likely N-dealkylation sites (tertiary alicyclic amines) is 1. The third-order valence-electron chi connectivity index (χ3n) is 7.28. The van der Waals surface area contributed by atoms with Crippen LogP contribution in [-0.2, 0) is 0 Å². The number of amides is 3. The lowest BCUT2D eigenvalue weighted by molar-refractivity contribution is 0.0639. The normalized spacial score (nSPS) is 18.1. The van der Waals surface area contributed by atoms with Gasteiger partial charge in [0.15, 0.2) is 0 Å². The minimum Gasteiger partial charge on any atom is -0.490 e. The van der Waals surface area contributed by atoms with Crippen molar-refractivity contribution in [2.45, 2.75) is 58.7 Å². The summed E-state index contributed by atoms with van der Waals surface area (Å²) in [5, 5.41) is 1.03. The van der Waals surface area contributed by atoms with E-state index in [0.29, 0.717) is 37.9 Å². The van der Waals surface area contributed by atoms with Crippen LogP contribution in [0.25, 0.3) is 10.9 Å². The average molecular weight is 484 g/mol. The maximum absolute atomic E-state index is 13.5. The Balaban J connectivity index is 1.49. The van der Waals surface area contributed by atoms with Crippen LogP contribution in [0.15, 0.2) is 24.3 Å². The van der Waals surface area contributed by atoms with Crippen molar-refractivity contribution in [2.75, 3.05) is 53.4 Å². The first-order chi connectivity index (χ1) is 16.7. The summed E-state index contributed by atoms with van der Waals surface area (Å²) < 4.78 is 8.48. The predicted molar refractivity (Wildman–Crippen MR) is 139 cm³/mol. The summed E-state index contributed by atoms with van der Waals surface area (Å²) in [4.78, 5) is 33.6. The van der Waals surface area contributed by atoms with Gasteiger partial charge in [0.2, 0.25) is 0 Å². The Hall–Kier alpha value is -2.74. The fraction of sp³-hybridized carbons (Fsp3) is 0.630. The molecule has 2 aromatic rings. The Morgan fingerprint density at radius 3 is 2.09 bits per heavy atom. The smallest absolute Gasteiger partial charge is 0.319 e. The molecular weight excluding hydrogens is 442 g/mol. The first-order valence-corrected chi connectivity index (χ1v) is 13.0. The molecule has 0 spiro atoms. The van der Waals surface area contributed by atoms with E-state index >= 15 is 0 Å². The highest BCUT2D eigenvalue weighted by Crippen LogP contribution is 2.30. The lowest BCUT2D eigenvalue weighted by Gasteiger charge is -2.36. The van der Waals surface area contributed by atoms with Gasteiger partial charge in [0, 0.05) is 76.4 Å². The monoisotopic (exact) mass is 483 g/mol. The Labute approximate surface area is 209 Å². The molecular formula is C27H41N5O3. The molecule has 0 bridgehead atoms. The molecule has 1 aromatic carbocycles. The van der Waals surface area contributed by atoms with E-state index in [-0.39, 0.29) is 24.1 Å². The molecule has 0 N–H and O–H groups in total. The molecule has 2 fully saturated rings. The number of rotatable bonds is 5.